The van der Waals surface area contributed by atoms with Gasteiger partial charge in [-0.3, -0.25) is 14.5 Å². The van der Waals surface area contributed by atoms with Gasteiger partial charge in [-0.25, -0.2) is 8.42 Å². The lowest BCUT2D eigenvalue weighted by atomic mass is 9.90. The average molecular weight is 491 g/mol. The minimum Gasteiger partial charge on any atom is -0.325 e. The van der Waals surface area contributed by atoms with Gasteiger partial charge in [-0.1, -0.05) is 42.5 Å². The molecule has 8 heteroatoms. The Bertz CT molecular complexity index is 1350. The molecule has 7 nitrogen and oxygen atoms in total. The maximum absolute atomic E-state index is 13.2. The number of benzene rings is 3. The van der Waals surface area contributed by atoms with Crippen LogP contribution in [0.15, 0.2) is 77.8 Å². The Labute approximate surface area is 207 Å². The Kier molecular flexibility index (Phi) is 7.05. The van der Waals surface area contributed by atoms with Gasteiger partial charge in [0.2, 0.25) is 15.9 Å². The molecule has 0 saturated carbocycles. The van der Waals surface area contributed by atoms with Gasteiger partial charge in [-0.15, -0.1) is 0 Å². The molecule has 1 atom stereocenters. The van der Waals surface area contributed by atoms with Gasteiger partial charge in [0, 0.05) is 17.9 Å². The lowest BCUT2D eigenvalue weighted by molar-refractivity contribution is -0.115. The Hall–Kier alpha value is -3.49. The van der Waals surface area contributed by atoms with Crippen LogP contribution >= 0.6 is 0 Å². The van der Waals surface area contributed by atoms with Crippen LogP contribution in [0.5, 0.6) is 0 Å². The van der Waals surface area contributed by atoms with E-state index in [0.29, 0.717) is 22.6 Å². The smallest absolute Gasteiger partial charge is 0.238 e. The summed E-state index contributed by atoms with van der Waals surface area (Å²) in [6.45, 7) is 4.06. The predicted molar refractivity (Wildman–Crippen MR) is 142 cm³/mol. The molecule has 0 spiro atoms. The predicted octanol–water partition coefficient (Wildman–Crippen LogP) is 4.76. The Morgan fingerprint density at radius 1 is 1.03 bits per heavy atom. The van der Waals surface area contributed by atoms with E-state index in [1.807, 2.05) is 68.7 Å². The Morgan fingerprint density at radius 3 is 2.34 bits per heavy atom. The number of carbonyl (C=O) groups is 1. The van der Waals surface area contributed by atoms with Crippen LogP contribution in [0.3, 0.4) is 0 Å². The molecule has 0 saturated heterocycles. The molecule has 3 aromatic carbocycles. The molecule has 1 unspecified atom stereocenters. The summed E-state index contributed by atoms with van der Waals surface area (Å²) in [5.74, 6) is -0.881. The average Bonchev–Trinajstić information content (AvgIpc) is 3.13. The highest BCUT2D eigenvalue weighted by molar-refractivity contribution is 7.93. The van der Waals surface area contributed by atoms with E-state index in [1.54, 1.807) is 32.0 Å². The van der Waals surface area contributed by atoms with Crippen molar-refractivity contribution in [2.24, 2.45) is 4.99 Å². The molecule has 35 heavy (non-hydrogen) atoms. The van der Waals surface area contributed by atoms with Crippen LogP contribution in [0.4, 0.5) is 17.1 Å². The maximum atomic E-state index is 13.2. The second-order valence-corrected chi connectivity index (χ2v) is 11.4. The lowest BCUT2D eigenvalue weighted by Crippen LogP contribution is -2.23. The van der Waals surface area contributed by atoms with E-state index in [1.165, 1.54) is 5.56 Å². The number of fused-ring (bicyclic) bond motifs is 1. The fourth-order valence-corrected chi connectivity index (χ4v) is 4.65. The molecule has 4 rings (SSSR count). The third-order valence-corrected chi connectivity index (χ3v) is 7.55. The maximum Gasteiger partial charge on any atom is 0.238 e. The molecule has 1 amide bonds. The Morgan fingerprint density at radius 2 is 1.71 bits per heavy atom. The number of nitrogens with zero attached hydrogens (tertiary/aromatic N) is 2. The van der Waals surface area contributed by atoms with Crippen molar-refractivity contribution in [3.8, 4) is 0 Å². The van der Waals surface area contributed by atoms with Crippen molar-refractivity contribution in [2.45, 2.75) is 31.6 Å². The standard InChI is InChI=1S/C27H30N4O3S/c1-18(2)35(33,34)30-22-14-15-24-23(16-22)25(27(32)29-24)26(20-8-6-5-7-9-20)28-21-12-10-19(11-13-21)17-31(3)4/h5-16,18,25,30H,17H2,1-4H3,(H,29,32). The summed E-state index contributed by atoms with van der Waals surface area (Å²) < 4.78 is 27.5. The number of aliphatic imine (C=N–C) groups is 1. The number of carbonyl (C=O) groups excluding carboxylic acids is 1. The number of hydrogen-bond donors (Lipinski definition) is 2. The van der Waals surface area contributed by atoms with Crippen molar-refractivity contribution in [1.29, 1.82) is 0 Å². The van der Waals surface area contributed by atoms with Gasteiger partial charge in [-0.2, -0.15) is 0 Å². The summed E-state index contributed by atoms with van der Waals surface area (Å²) >= 11 is 0. The summed E-state index contributed by atoms with van der Waals surface area (Å²) in [6.07, 6.45) is 0. The normalized spacial score (nSPS) is 15.9. The Balaban J connectivity index is 1.77. The third kappa shape index (κ3) is 5.61. The molecule has 182 valence electrons. The molecule has 1 aliphatic heterocycles. The highest BCUT2D eigenvalue weighted by Crippen LogP contribution is 2.38. The van der Waals surface area contributed by atoms with Crippen molar-refractivity contribution >= 4 is 38.7 Å². The molecule has 0 fully saturated rings. The fourth-order valence-electron chi connectivity index (χ4n) is 3.96. The van der Waals surface area contributed by atoms with Crippen LogP contribution in [-0.2, 0) is 21.4 Å². The topological polar surface area (TPSA) is 90.9 Å². The first-order valence-corrected chi connectivity index (χ1v) is 13.0. The lowest BCUT2D eigenvalue weighted by Gasteiger charge is -2.16. The second kappa shape index (κ2) is 10.0. The minimum absolute atomic E-state index is 0.198. The number of sulfonamides is 1. The van der Waals surface area contributed by atoms with E-state index in [-0.39, 0.29) is 5.91 Å². The summed E-state index contributed by atoms with van der Waals surface area (Å²) in [6, 6.07) is 22.6. The molecule has 0 aliphatic carbocycles. The summed E-state index contributed by atoms with van der Waals surface area (Å²) in [5.41, 5.74) is 5.09. The molecule has 0 radical (unpaired) electrons. The summed E-state index contributed by atoms with van der Waals surface area (Å²) in [4.78, 5) is 20.2. The first kappa shape index (κ1) is 24.6. The van der Waals surface area contributed by atoms with Crippen LogP contribution in [0.25, 0.3) is 0 Å². The molecule has 2 N–H and O–H groups in total. The number of amides is 1. The van der Waals surface area contributed by atoms with Gasteiger partial charge in [-0.05, 0) is 75.0 Å². The van der Waals surface area contributed by atoms with Crippen molar-refractivity contribution in [3.63, 3.8) is 0 Å². The van der Waals surface area contributed by atoms with Gasteiger partial charge in [0.1, 0.15) is 5.92 Å². The van der Waals surface area contributed by atoms with Crippen LogP contribution in [-0.4, -0.2) is 44.3 Å². The first-order valence-electron chi connectivity index (χ1n) is 11.5. The summed E-state index contributed by atoms with van der Waals surface area (Å²) in [7, 11) is 0.516. The number of nitrogens with one attached hydrogen (secondary N) is 2. The van der Waals surface area contributed by atoms with Crippen molar-refractivity contribution in [1.82, 2.24) is 4.90 Å². The zero-order chi connectivity index (χ0) is 25.2. The molecule has 0 bridgehead atoms. The largest absolute Gasteiger partial charge is 0.325 e. The number of hydrogen-bond acceptors (Lipinski definition) is 5. The zero-order valence-corrected chi connectivity index (χ0v) is 21.1. The van der Waals surface area contributed by atoms with Gasteiger partial charge < -0.3 is 10.2 Å². The van der Waals surface area contributed by atoms with Crippen molar-refractivity contribution in [2.75, 3.05) is 24.1 Å². The fraction of sp³-hybridized carbons (Fsp3) is 0.259. The molecule has 0 aromatic heterocycles. The van der Waals surface area contributed by atoms with Gasteiger partial charge in [0.05, 0.1) is 16.6 Å². The van der Waals surface area contributed by atoms with Crippen LogP contribution in [0, 0.1) is 0 Å². The van der Waals surface area contributed by atoms with E-state index in [9.17, 15) is 13.2 Å². The molecule has 1 heterocycles. The van der Waals surface area contributed by atoms with Gasteiger partial charge in [0.25, 0.3) is 0 Å². The third-order valence-electron chi connectivity index (χ3n) is 5.79. The van der Waals surface area contributed by atoms with Crippen molar-refractivity contribution in [3.05, 3.63) is 89.5 Å². The van der Waals surface area contributed by atoms with Gasteiger partial charge >= 0.3 is 0 Å². The highest BCUT2D eigenvalue weighted by Gasteiger charge is 2.36. The first-order chi connectivity index (χ1) is 16.6. The van der Waals surface area contributed by atoms with E-state index >= 15 is 0 Å². The molecular weight excluding hydrogens is 460 g/mol. The van der Waals surface area contributed by atoms with E-state index in [4.69, 9.17) is 4.99 Å². The molecular formula is C27H30N4O3S. The highest BCUT2D eigenvalue weighted by atomic mass is 32.2. The molecule has 3 aromatic rings. The number of rotatable bonds is 8. The van der Waals surface area contributed by atoms with E-state index in [2.05, 4.69) is 14.9 Å². The van der Waals surface area contributed by atoms with E-state index < -0.39 is 21.2 Å². The minimum atomic E-state index is -3.52. The summed E-state index contributed by atoms with van der Waals surface area (Å²) in [5, 5.41) is 2.34. The second-order valence-electron chi connectivity index (χ2n) is 9.19. The number of anilines is 2. The van der Waals surface area contributed by atoms with E-state index in [0.717, 1.165) is 17.8 Å². The monoisotopic (exact) mass is 490 g/mol. The quantitative estimate of drug-likeness (QED) is 0.446. The zero-order valence-electron chi connectivity index (χ0n) is 20.3. The van der Waals surface area contributed by atoms with Crippen molar-refractivity contribution < 1.29 is 13.2 Å². The van der Waals surface area contributed by atoms with Gasteiger partial charge in [0.15, 0.2) is 0 Å². The molecule has 1 aliphatic rings. The van der Waals surface area contributed by atoms with Crippen LogP contribution in [0.1, 0.15) is 36.5 Å². The van der Waals surface area contributed by atoms with Crippen LogP contribution in [0.2, 0.25) is 0 Å². The SMILES string of the molecule is CC(C)S(=O)(=O)Nc1ccc2c(c1)C(C(=Nc1ccc(CN(C)C)cc1)c1ccccc1)C(=O)N2. The van der Waals surface area contributed by atoms with Crippen LogP contribution < -0.4 is 10.0 Å².